The summed E-state index contributed by atoms with van der Waals surface area (Å²) in [6, 6.07) is 9.96. The molecule has 0 radical (unpaired) electrons. The minimum absolute atomic E-state index is 0.00572. The number of anilines is 1. The van der Waals surface area contributed by atoms with Gasteiger partial charge in [-0.25, -0.2) is 4.79 Å². The van der Waals surface area contributed by atoms with Crippen LogP contribution in [0.15, 0.2) is 40.8 Å². The number of primary amides is 1. The molecule has 0 fully saturated rings. The summed E-state index contributed by atoms with van der Waals surface area (Å²) >= 11 is 6.82. The first-order valence-corrected chi connectivity index (χ1v) is 10.4. The number of nitrogens with two attached hydrogens (primary N) is 1. The molecule has 31 heavy (non-hydrogen) atoms. The van der Waals surface area contributed by atoms with Gasteiger partial charge in [-0.05, 0) is 49.7 Å². The molecule has 3 rings (SSSR count). The molecule has 0 saturated carbocycles. The van der Waals surface area contributed by atoms with Gasteiger partial charge >= 0.3 is 5.97 Å². The van der Waals surface area contributed by atoms with Crippen molar-refractivity contribution in [1.82, 2.24) is 0 Å². The van der Waals surface area contributed by atoms with E-state index in [2.05, 4.69) is 5.32 Å². The van der Waals surface area contributed by atoms with Crippen LogP contribution in [-0.2, 0) is 11.3 Å². The largest absolute Gasteiger partial charge is 0.486 e. The van der Waals surface area contributed by atoms with Crippen LogP contribution in [0.2, 0.25) is 5.02 Å². The summed E-state index contributed by atoms with van der Waals surface area (Å²) in [7, 11) is 0. The molecular formula is C21H19ClN2O6S. The molecule has 0 atom stereocenters. The van der Waals surface area contributed by atoms with Crippen LogP contribution in [0.4, 0.5) is 5.00 Å². The van der Waals surface area contributed by atoms with Crippen molar-refractivity contribution in [1.29, 1.82) is 0 Å². The zero-order chi connectivity index (χ0) is 22.5. The highest BCUT2D eigenvalue weighted by molar-refractivity contribution is 7.18. The number of ether oxygens (including phenoxy) is 2. The molecule has 3 aromatic rings. The standard InChI is InChI=1S/C21H19ClN2O6S/c1-3-28-21(27)16-11(2)17(18(23)25)31-20(16)24-19(26)15-8-7-14(30-15)10-29-13-6-4-5-12(22)9-13/h4-9H,3,10H2,1-2H3,(H2,23,25)(H,24,26). The fraction of sp³-hybridized carbons (Fsp3) is 0.190. The zero-order valence-electron chi connectivity index (χ0n) is 16.7. The van der Waals surface area contributed by atoms with E-state index in [0.29, 0.717) is 22.1 Å². The van der Waals surface area contributed by atoms with Gasteiger partial charge in [-0.1, -0.05) is 17.7 Å². The highest BCUT2D eigenvalue weighted by Crippen LogP contribution is 2.34. The van der Waals surface area contributed by atoms with Gasteiger partial charge < -0.3 is 24.9 Å². The summed E-state index contributed by atoms with van der Waals surface area (Å²) in [5.41, 5.74) is 5.81. The Morgan fingerprint density at radius 3 is 2.68 bits per heavy atom. The lowest BCUT2D eigenvalue weighted by Gasteiger charge is -2.06. The van der Waals surface area contributed by atoms with Crippen molar-refractivity contribution in [2.75, 3.05) is 11.9 Å². The summed E-state index contributed by atoms with van der Waals surface area (Å²) in [5, 5.41) is 3.29. The number of thiophene rings is 1. The number of carbonyl (C=O) groups excluding carboxylic acids is 3. The Morgan fingerprint density at radius 1 is 1.23 bits per heavy atom. The third kappa shape index (κ3) is 5.25. The van der Waals surface area contributed by atoms with Crippen molar-refractivity contribution in [2.45, 2.75) is 20.5 Å². The summed E-state index contributed by atoms with van der Waals surface area (Å²) in [6.45, 7) is 3.45. The molecule has 1 aromatic carbocycles. The molecule has 0 spiro atoms. The van der Waals surface area contributed by atoms with Gasteiger partial charge in [-0.15, -0.1) is 11.3 Å². The van der Waals surface area contributed by atoms with Gasteiger partial charge in [-0.2, -0.15) is 0 Å². The minimum atomic E-state index is -0.702. The van der Waals surface area contributed by atoms with Crippen molar-refractivity contribution >= 4 is 45.7 Å². The lowest BCUT2D eigenvalue weighted by Crippen LogP contribution is -2.14. The second-order valence-electron chi connectivity index (χ2n) is 6.31. The van der Waals surface area contributed by atoms with E-state index >= 15 is 0 Å². The number of rotatable bonds is 8. The van der Waals surface area contributed by atoms with Gasteiger partial charge in [0, 0.05) is 5.02 Å². The number of furan rings is 1. The van der Waals surface area contributed by atoms with E-state index in [1.165, 1.54) is 6.07 Å². The van der Waals surface area contributed by atoms with Crippen LogP contribution >= 0.6 is 22.9 Å². The van der Waals surface area contributed by atoms with E-state index in [1.807, 2.05) is 0 Å². The molecule has 0 aliphatic heterocycles. The minimum Gasteiger partial charge on any atom is -0.486 e. The normalized spacial score (nSPS) is 10.5. The fourth-order valence-electron chi connectivity index (χ4n) is 2.74. The summed E-state index contributed by atoms with van der Waals surface area (Å²) in [5.74, 6) is -0.984. The van der Waals surface area contributed by atoms with Crippen LogP contribution in [0.3, 0.4) is 0 Å². The number of carbonyl (C=O) groups is 3. The van der Waals surface area contributed by atoms with E-state index in [9.17, 15) is 14.4 Å². The summed E-state index contributed by atoms with van der Waals surface area (Å²) < 4.78 is 16.1. The van der Waals surface area contributed by atoms with E-state index in [1.54, 1.807) is 44.2 Å². The number of esters is 1. The van der Waals surface area contributed by atoms with E-state index in [-0.39, 0.29) is 34.4 Å². The molecule has 0 unspecified atom stereocenters. The average Bonchev–Trinajstić information content (AvgIpc) is 3.31. The number of hydrogen-bond donors (Lipinski definition) is 2. The van der Waals surface area contributed by atoms with Gasteiger partial charge in [0.1, 0.15) is 23.1 Å². The van der Waals surface area contributed by atoms with E-state index < -0.39 is 17.8 Å². The molecule has 2 amide bonds. The zero-order valence-corrected chi connectivity index (χ0v) is 18.3. The molecule has 0 saturated heterocycles. The van der Waals surface area contributed by atoms with Crippen molar-refractivity contribution in [3.8, 4) is 5.75 Å². The van der Waals surface area contributed by atoms with Crippen molar-refractivity contribution < 1.29 is 28.3 Å². The molecule has 2 aromatic heterocycles. The van der Waals surface area contributed by atoms with Gasteiger partial charge in [0.15, 0.2) is 5.76 Å². The van der Waals surface area contributed by atoms with E-state index in [4.69, 9.17) is 31.2 Å². The van der Waals surface area contributed by atoms with Crippen LogP contribution in [0, 0.1) is 6.92 Å². The Labute approximate surface area is 186 Å². The van der Waals surface area contributed by atoms with Crippen molar-refractivity contribution in [2.24, 2.45) is 5.73 Å². The molecule has 0 aliphatic carbocycles. The number of hydrogen-bond acceptors (Lipinski definition) is 7. The van der Waals surface area contributed by atoms with Crippen molar-refractivity contribution in [3.05, 3.63) is 68.9 Å². The molecule has 2 heterocycles. The molecule has 0 bridgehead atoms. The first-order valence-electron chi connectivity index (χ1n) is 9.18. The number of nitrogens with one attached hydrogen (secondary N) is 1. The van der Waals surface area contributed by atoms with Crippen LogP contribution < -0.4 is 15.8 Å². The van der Waals surface area contributed by atoms with Crippen LogP contribution in [0.5, 0.6) is 5.75 Å². The lowest BCUT2D eigenvalue weighted by molar-refractivity contribution is 0.0527. The lowest BCUT2D eigenvalue weighted by atomic mass is 10.1. The number of halogens is 1. The first-order chi connectivity index (χ1) is 14.8. The fourth-order valence-corrected chi connectivity index (χ4v) is 3.96. The SMILES string of the molecule is CCOC(=O)c1c(NC(=O)c2ccc(COc3cccc(Cl)c3)o2)sc(C(N)=O)c1C. The molecule has 10 heteroatoms. The topological polar surface area (TPSA) is 121 Å². The Balaban J connectivity index is 1.75. The molecule has 0 aliphatic rings. The van der Waals surface area contributed by atoms with Crippen LogP contribution in [0.1, 0.15) is 48.8 Å². The first kappa shape index (κ1) is 22.4. The Bertz CT molecular complexity index is 1140. The quantitative estimate of drug-likeness (QED) is 0.478. The second-order valence-corrected chi connectivity index (χ2v) is 7.77. The Hall–Kier alpha value is -3.30. The predicted molar refractivity (Wildman–Crippen MR) is 116 cm³/mol. The van der Waals surface area contributed by atoms with Gasteiger partial charge in [0.2, 0.25) is 0 Å². The highest BCUT2D eigenvalue weighted by atomic mass is 35.5. The van der Waals surface area contributed by atoms with Gasteiger partial charge in [0.25, 0.3) is 11.8 Å². The third-order valence-electron chi connectivity index (χ3n) is 4.14. The van der Waals surface area contributed by atoms with Crippen molar-refractivity contribution in [3.63, 3.8) is 0 Å². The van der Waals surface area contributed by atoms with Gasteiger partial charge in [-0.3, -0.25) is 9.59 Å². The predicted octanol–water partition coefficient (Wildman–Crippen LogP) is 4.41. The molecule has 8 nitrogen and oxygen atoms in total. The second kappa shape index (κ2) is 9.67. The summed E-state index contributed by atoms with van der Waals surface area (Å²) in [4.78, 5) is 36.8. The Morgan fingerprint density at radius 2 is 2.00 bits per heavy atom. The summed E-state index contributed by atoms with van der Waals surface area (Å²) in [6.07, 6.45) is 0. The third-order valence-corrected chi connectivity index (χ3v) is 5.60. The van der Waals surface area contributed by atoms with Crippen LogP contribution in [0.25, 0.3) is 0 Å². The maximum Gasteiger partial charge on any atom is 0.341 e. The smallest absolute Gasteiger partial charge is 0.341 e. The molecular weight excluding hydrogens is 444 g/mol. The highest BCUT2D eigenvalue weighted by Gasteiger charge is 2.26. The van der Waals surface area contributed by atoms with Gasteiger partial charge in [0.05, 0.1) is 17.0 Å². The molecule has 3 N–H and O–H groups in total. The maximum atomic E-state index is 12.6. The monoisotopic (exact) mass is 462 g/mol. The maximum absolute atomic E-state index is 12.6. The van der Waals surface area contributed by atoms with E-state index in [0.717, 1.165) is 11.3 Å². The Kier molecular flexibility index (Phi) is 6.98. The number of amides is 2. The van der Waals surface area contributed by atoms with Crippen LogP contribution in [-0.4, -0.2) is 24.4 Å². The average molecular weight is 463 g/mol. The number of benzene rings is 1. The molecule has 162 valence electrons.